The van der Waals surface area contributed by atoms with Gasteiger partial charge in [-0.15, -0.1) is 0 Å². The molecule has 94 valence electrons. The molecule has 0 N–H and O–H groups in total. The van der Waals surface area contributed by atoms with Crippen molar-refractivity contribution in [2.45, 2.75) is 34.6 Å². The van der Waals surface area contributed by atoms with Crippen LogP contribution in [0.5, 0.6) is 0 Å². The number of hydrogen-bond acceptors (Lipinski definition) is 3. The van der Waals surface area contributed by atoms with Gasteiger partial charge in [-0.25, -0.2) is 0 Å². The highest BCUT2D eigenvalue weighted by Gasteiger charge is 2.29. The van der Waals surface area contributed by atoms with Crippen molar-refractivity contribution in [3.8, 4) is 0 Å². The minimum atomic E-state index is -3.18. The Morgan fingerprint density at radius 2 is 1.75 bits per heavy atom. The maximum atomic E-state index is 12.5. The van der Waals surface area contributed by atoms with Crippen molar-refractivity contribution >= 4 is 7.60 Å². The molecule has 4 heteroatoms. The van der Waals surface area contributed by atoms with Crippen molar-refractivity contribution in [2.24, 2.45) is 5.92 Å². The van der Waals surface area contributed by atoms with E-state index in [4.69, 9.17) is 9.05 Å². The molecule has 0 heterocycles. The normalized spacial score (nSPS) is 13.9. The van der Waals surface area contributed by atoms with E-state index in [0.717, 1.165) is 5.57 Å². The van der Waals surface area contributed by atoms with Gasteiger partial charge >= 0.3 is 7.60 Å². The first-order chi connectivity index (χ1) is 7.42. The maximum absolute atomic E-state index is 12.5. The van der Waals surface area contributed by atoms with Crippen molar-refractivity contribution < 1.29 is 13.6 Å². The van der Waals surface area contributed by atoms with E-state index in [2.05, 4.69) is 6.58 Å². The zero-order chi connectivity index (χ0) is 12.8. The molecular weight excluding hydrogens is 223 g/mol. The van der Waals surface area contributed by atoms with Crippen LogP contribution in [-0.2, 0) is 13.6 Å². The fraction of sp³-hybridized carbons (Fsp3) is 0.667. The Balaban J connectivity index is 5.39. The quantitative estimate of drug-likeness (QED) is 0.494. The van der Waals surface area contributed by atoms with E-state index in [1.807, 2.05) is 20.8 Å². The van der Waals surface area contributed by atoms with Gasteiger partial charge in [-0.3, -0.25) is 4.57 Å². The summed E-state index contributed by atoms with van der Waals surface area (Å²) in [6.45, 7) is 14.1. The van der Waals surface area contributed by atoms with Gasteiger partial charge in [-0.2, -0.15) is 0 Å². The number of rotatable bonds is 7. The summed E-state index contributed by atoms with van der Waals surface area (Å²) in [5.74, 6) is 0.294. The molecule has 0 unspecified atom stereocenters. The largest absolute Gasteiger partial charge is 0.361 e. The van der Waals surface area contributed by atoms with Gasteiger partial charge in [0.2, 0.25) is 0 Å². The van der Waals surface area contributed by atoms with Gasteiger partial charge in [0, 0.05) is 0 Å². The Labute approximate surface area is 99.1 Å². The van der Waals surface area contributed by atoms with Gasteiger partial charge < -0.3 is 9.05 Å². The van der Waals surface area contributed by atoms with E-state index >= 15 is 0 Å². The summed E-state index contributed by atoms with van der Waals surface area (Å²) < 4.78 is 23.1. The van der Waals surface area contributed by atoms with Gasteiger partial charge in [-0.05, 0) is 26.7 Å². The molecule has 3 nitrogen and oxygen atoms in total. The molecule has 0 aliphatic heterocycles. The second-order valence-corrected chi connectivity index (χ2v) is 5.75. The van der Waals surface area contributed by atoms with E-state index in [1.54, 1.807) is 19.9 Å². The molecule has 0 aromatic heterocycles. The molecule has 0 amide bonds. The van der Waals surface area contributed by atoms with Crippen molar-refractivity contribution in [3.63, 3.8) is 0 Å². The fourth-order valence-corrected chi connectivity index (χ4v) is 3.25. The number of hydrogen-bond donors (Lipinski definition) is 0. The van der Waals surface area contributed by atoms with Gasteiger partial charge in [0.25, 0.3) is 0 Å². The van der Waals surface area contributed by atoms with Gasteiger partial charge in [0.05, 0.1) is 18.5 Å². The van der Waals surface area contributed by atoms with Crippen LogP contribution in [0.1, 0.15) is 34.6 Å². The lowest BCUT2D eigenvalue weighted by Gasteiger charge is -2.21. The minimum Gasteiger partial charge on any atom is -0.306 e. The molecule has 0 aliphatic rings. The first-order valence-corrected chi connectivity index (χ1v) is 7.20. The molecule has 0 saturated carbocycles. The van der Waals surface area contributed by atoms with Crippen LogP contribution in [0.15, 0.2) is 23.5 Å². The molecule has 0 fully saturated rings. The summed E-state index contributed by atoms with van der Waals surface area (Å²) in [4.78, 5) is 0. The van der Waals surface area contributed by atoms with Crippen LogP contribution in [0.3, 0.4) is 0 Å². The molecule has 0 rings (SSSR count). The van der Waals surface area contributed by atoms with Crippen molar-refractivity contribution in [1.29, 1.82) is 0 Å². The molecule has 0 aliphatic carbocycles. The van der Waals surface area contributed by atoms with Gasteiger partial charge in [0.1, 0.15) is 0 Å². The van der Waals surface area contributed by atoms with E-state index < -0.39 is 7.60 Å². The van der Waals surface area contributed by atoms with Crippen LogP contribution in [0.2, 0.25) is 0 Å². The molecule has 0 bridgehead atoms. The highest BCUT2D eigenvalue weighted by Crippen LogP contribution is 2.58. The summed E-state index contributed by atoms with van der Waals surface area (Å²) in [7, 11) is -3.18. The van der Waals surface area contributed by atoms with Crippen LogP contribution in [0.4, 0.5) is 0 Å². The molecule has 16 heavy (non-hydrogen) atoms. The van der Waals surface area contributed by atoms with Crippen LogP contribution in [0, 0.1) is 5.92 Å². The second kappa shape index (κ2) is 7.05. The summed E-state index contributed by atoms with van der Waals surface area (Å²) in [6.07, 6.45) is 1.58. The third-order valence-corrected chi connectivity index (χ3v) is 4.68. The molecule has 0 atom stereocenters. The zero-order valence-electron chi connectivity index (χ0n) is 10.9. The van der Waals surface area contributed by atoms with Crippen LogP contribution < -0.4 is 0 Å². The van der Waals surface area contributed by atoms with Crippen LogP contribution in [-0.4, -0.2) is 13.2 Å². The van der Waals surface area contributed by atoms with Gasteiger partial charge in [0.15, 0.2) is 0 Å². The Bertz CT molecular complexity index is 295. The monoisotopic (exact) mass is 246 g/mol. The highest BCUT2D eigenvalue weighted by molar-refractivity contribution is 7.58. The first-order valence-electron chi connectivity index (χ1n) is 5.65. The lowest BCUT2D eigenvalue weighted by atomic mass is 10.1. The average molecular weight is 246 g/mol. The predicted octanol–water partition coefficient (Wildman–Crippen LogP) is 4.37. The standard InChI is InChI=1S/C12H23O3P/c1-7-12(11(6)10(4)5)16(13,14-8-2)15-9-3/h7,10H,1,8-9H2,2-6H3/b12-11+. The smallest absolute Gasteiger partial charge is 0.306 e. The van der Waals surface area contributed by atoms with E-state index in [9.17, 15) is 4.57 Å². The molecule has 0 saturated heterocycles. The van der Waals surface area contributed by atoms with Crippen LogP contribution in [0.25, 0.3) is 0 Å². The van der Waals surface area contributed by atoms with Crippen molar-refractivity contribution in [1.82, 2.24) is 0 Å². The van der Waals surface area contributed by atoms with E-state index in [0.29, 0.717) is 24.4 Å². The predicted molar refractivity (Wildman–Crippen MR) is 68.6 cm³/mol. The summed E-state index contributed by atoms with van der Waals surface area (Å²) in [5, 5.41) is 0.603. The van der Waals surface area contributed by atoms with Crippen molar-refractivity contribution in [2.75, 3.05) is 13.2 Å². The lowest BCUT2D eigenvalue weighted by Crippen LogP contribution is -2.02. The Kier molecular flexibility index (Phi) is 6.89. The zero-order valence-corrected chi connectivity index (χ0v) is 11.8. The van der Waals surface area contributed by atoms with E-state index in [-0.39, 0.29) is 0 Å². The first kappa shape index (κ1) is 15.6. The molecular formula is C12H23O3P. The molecule has 0 radical (unpaired) electrons. The third kappa shape index (κ3) is 3.89. The Hall–Kier alpha value is -0.370. The second-order valence-electron chi connectivity index (χ2n) is 3.76. The SMILES string of the molecule is C=C/C(=C(/C)C(C)C)P(=O)(OCC)OCC. The lowest BCUT2D eigenvalue weighted by molar-refractivity contribution is 0.226. The summed E-state index contributed by atoms with van der Waals surface area (Å²) in [5.41, 5.74) is 1.00. The average Bonchev–Trinajstić information content (AvgIpc) is 2.18. The minimum absolute atomic E-state index is 0.294. The van der Waals surface area contributed by atoms with Gasteiger partial charge in [-0.1, -0.05) is 32.1 Å². The summed E-state index contributed by atoms with van der Waals surface area (Å²) in [6, 6.07) is 0. The maximum Gasteiger partial charge on any atom is 0.361 e. The third-order valence-electron chi connectivity index (χ3n) is 2.36. The Morgan fingerprint density at radius 3 is 2.00 bits per heavy atom. The van der Waals surface area contributed by atoms with Crippen LogP contribution >= 0.6 is 7.60 Å². The molecule has 0 aromatic rings. The van der Waals surface area contributed by atoms with E-state index in [1.165, 1.54) is 0 Å². The molecule has 0 spiro atoms. The fourth-order valence-electron chi connectivity index (χ4n) is 1.30. The summed E-state index contributed by atoms with van der Waals surface area (Å²) >= 11 is 0. The number of allylic oxidation sites excluding steroid dienone is 3. The van der Waals surface area contributed by atoms with Crippen molar-refractivity contribution in [3.05, 3.63) is 23.5 Å². The Morgan fingerprint density at radius 1 is 1.31 bits per heavy atom. The molecule has 0 aromatic carbocycles. The topological polar surface area (TPSA) is 35.5 Å². The highest BCUT2D eigenvalue weighted by atomic mass is 31.2.